The van der Waals surface area contributed by atoms with Gasteiger partial charge < -0.3 is 14.5 Å². The number of hydrogen-bond donors (Lipinski definition) is 2. The van der Waals surface area contributed by atoms with Crippen LogP contribution < -0.4 is 15.5 Å². The molecule has 2 N–H and O–H groups in total. The predicted octanol–water partition coefficient (Wildman–Crippen LogP) is 2.74. The van der Waals surface area contributed by atoms with Crippen molar-refractivity contribution in [1.82, 2.24) is 10.7 Å². The Morgan fingerprint density at radius 1 is 1.00 bits per heavy atom. The van der Waals surface area contributed by atoms with E-state index < -0.39 is 0 Å². The van der Waals surface area contributed by atoms with Crippen molar-refractivity contribution in [2.75, 3.05) is 6.61 Å². The second kappa shape index (κ2) is 9.72. The van der Waals surface area contributed by atoms with Crippen LogP contribution in [0.3, 0.4) is 0 Å². The summed E-state index contributed by atoms with van der Waals surface area (Å²) in [7, 11) is 0. The lowest BCUT2D eigenvalue weighted by molar-refractivity contribution is -0.123. The molecule has 0 saturated carbocycles. The normalized spacial score (nSPS) is 10.6. The number of carbonyl (C=O) groups excluding carboxylic acids is 2. The van der Waals surface area contributed by atoms with Crippen LogP contribution in [-0.2, 0) is 11.3 Å². The van der Waals surface area contributed by atoms with Crippen molar-refractivity contribution >= 4 is 18.0 Å². The van der Waals surface area contributed by atoms with Crippen LogP contribution in [0.2, 0.25) is 0 Å². The Labute approximate surface area is 162 Å². The summed E-state index contributed by atoms with van der Waals surface area (Å²) in [4.78, 5) is 23.6. The van der Waals surface area contributed by atoms with Crippen LogP contribution in [-0.4, -0.2) is 24.6 Å². The van der Waals surface area contributed by atoms with Gasteiger partial charge in [0.15, 0.2) is 6.61 Å². The van der Waals surface area contributed by atoms with E-state index >= 15 is 0 Å². The van der Waals surface area contributed by atoms with E-state index in [1.54, 1.807) is 66.9 Å². The van der Waals surface area contributed by atoms with Crippen molar-refractivity contribution < 1.29 is 18.7 Å². The highest BCUT2D eigenvalue weighted by Gasteiger charge is 2.04. The SMILES string of the molecule is O=C(COc1ccc(/C=N/NC(=O)c2ccccc2)cc1)NCc1ccco1. The number of amides is 2. The quantitative estimate of drug-likeness (QED) is 0.466. The van der Waals surface area contributed by atoms with Crippen molar-refractivity contribution in [1.29, 1.82) is 0 Å². The average Bonchev–Trinajstić information content (AvgIpc) is 3.26. The standard InChI is InChI=1S/C21H19N3O4/c25-20(22-14-19-7-4-12-27-19)15-28-18-10-8-16(9-11-18)13-23-24-21(26)17-5-2-1-3-6-17/h1-13H,14-15H2,(H,22,25)(H,24,26)/b23-13+. The van der Waals surface area contributed by atoms with Gasteiger partial charge >= 0.3 is 0 Å². The molecule has 142 valence electrons. The number of hydrazone groups is 1. The third-order valence-electron chi connectivity index (χ3n) is 3.71. The molecule has 28 heavy (non-hydrogen) atoms. The Kier molecular flexibility index (Phi) is 6.57. The lowest BCUT2D eigenvalue weighted by Gasteiger charge is -2.06. The van der Waals surface area contributed by atoms with Crippen LogP contribution in [0.5, 0.6) is 5.75 Å². The zero-order valence-corrected chi connectivity index (χ0v) is 15.0. The largest absolute Gasteiger partial charge is 0.484 e. The fourth-order valence-corrected chi connectivity index (χ4v) is 2.27. The minimum atomic E-state index is -0.280. The Morgan fingerprint density at radius 3 is 2.50 bits per heavy atom. The van der Waals surface area contributed by atoms with E-state index in [2.05, 4.69) is 15.8 Å². The van der Waals surface area contributed by atoms with E-state index in [4.69, 9.17) is 9.15 Å². The van der Waals surface area contributed by atoms with E-state index in [9.17, 15) is 9.59 Å². The van der Waals surface area contributed by atoms with Gasteiger partial charge in [0.25, 0.3) is 11.8 Å². The first-order chi connectivity index (χ1) is 13.7. The van der Waals surface area contributed by atoms with Crippen molar-refractivity contribution in [3.63, 3.8) is 0 Å². The number of furan rings is 1. The van der Waals surface area contributed by atoms with Gasteiger partial charge in [-0.05, 0) is 54.1 Å². The first-order valence-corrected chi connectivity index (χ1v) is 8.61. The summed E-state index contributed by atoms with van der Waals surface area (Å²) in [6, 6.07) is 19.4. The highest BCUT2D eigenvalue weighted by molar-refractivity contribution is 5.94. The van der Waals surface area contributed by atoms with Gasteiger partial charge in [0.1, 0.15) is 11.5 Å². The molecule has 2 amide bonds. The monoisotopic (exact) mass is 377 g/mol. The van der Waals surface area contributed by atoms with Gasteiger partial charge in [0, 0.05) is 5.56 Å². The van der Waals surface area contributed by atoms with Gasteiger partial charge in [-0.2, -0.15) is 5.10 Å². The van der Waals surface area contributed by atoms with Gasteiger partial charge in [-0.3, -0.25) is 9.59 Å². The Balaban J connectivity index is 1.41. The van der Waals surface area contributed by atoms with E-state index in [0.717, 1.165) is 5.56 Å². The zero-order valence-electron chi connectivity index (χ0n) is 15.0. The van der Waals surface area contributed by atoms with Gasteiger partial charge in [-0.25, -0.2) is 5.43 Å². The molecule has 0 atom stereocenters. The predicted molar refractivity (Wildman–Crippen MR) is 104 cm³/mol. The van der Waals surface area contributed by atoms with Crippen molar-refractivity contribution in [3.05, 3.63) is 89.9 Å². The average molecular weight is 377 g/mol. The number of ether oxygens (including phenoxy) is 1. The van der Waals surface area contributed by atoms with Crippen LogP contribution >= 0.6 is 0 Å². The maximum Gasteiger partial charge on any atom is 0.271 e. The molecular formula is C21H19N3O4. The molecule has 0 bridgehead atoms. The summed E-state index contributed by atoms with van der Waals surface area (Å²) in [5.74, 6) is 0.706. The summed E-state index contributed by atoms with van der Waals surface area (Å²) in [5.41, 5.74) is 3.78. The van der Waals surface area contributed by atoms with E-state index in [-0.39, 0.29) is 18.4 Å². The summed E-state index contributed by atoms with van der Waals surface area (Å²) < 4.78 is 10.6. The lowest BCUT2D eigenvalue weighted by Crippen LogP contribution is -2.28. The molecule has 1 aromatic heterocycles. The highest BCUT2D eigenvalue weighted by atomic mass is 16.5. The second-order valence-electron chi connectivity index (χ2n) is 5.78. The lowest BCUT2D eigenvalue weighted by atomic mass is 10.2. The topological polar surface area (TPSA) is 92.9 Å². The van der Waals surface area contributed by atoms with Crippen LogP contribution in [0.1, 0.15) is 21.7 Å². The number of carbonyl (C=O) groups is 2. The summed E-state index contributed by atoms with van der Waals surface area (Å²) in [6.07, 6.45) is 3.08. The molecule has 0 spiro atoms. The van der Waals surface area contributed by atoms with Gasteiger partial charge in [0.2, 0.25) is 0 Å². The molecule has 0 unspecified atom stereocenters. The first kappa shape index (κ1) is 18.9. The highest BCUT2D eigenvalue weighted by Crippen LogP contribution is 2.11. The maximum atomic E-state index is 11.9. The van der Waals surface area contributed by atoms with Gasteiger partial charge in [0.05, 0.1) is 19.0 Å². The minimum Gasteiger partial charge on any atom is -0.484 e. The van der Waals surface area contributed by atoms with E-state index in [1.165, 1.54) is 6.21 Å². The first-order valence-electron chi connectivity index (χ1n) is 8.61. The molecule has 7 heteroatoms. The number of rotatable bonds is 8. The Morgan fingerprint density at radius 2 is 1.79 bits per heavy atom. The third kappa shape index (κ3) is 5.84. The molecule has 0 saturated heterocycles. The van der Waals surface area contributed by atoms with Crippen LogP contribution in [0.15, 0.2) is 82.5 Å². The smallest absolute Gasteiger partial charge is 0.271 e. The summed E-state index contributed by atoms with van der Waals surface area (Å²) in [5, 5.41) is 6.63. The van der Waals surface area contributed by atoms with Crippen LogP contribution in [0.25, 0.3) is 0 Å². The van der Waals surface area contributed by atoms with Crippen molar-refractivity contribution in [3.8, 4) is 5.75 Å². The molecule has 0 aliphatic carbocycles. The third-order valence-corrected chi connectivity index (χ3v) is 3.71. The molecule has 3 aromatic rings. The van der Waals surface area contributed by atoms with Crippen molar-refractivity contribution in [2.45, 2.75) is 6.54 Å². The number of nitrogens with zero attached hydrogens (tertiary/aromatic N) is 1. The second-order valence-corrected chi connectivity index (χ2v) is 5.78. The fourth-order valence-electron chi connectivity index (χ4n) is 2.27. The molecule has 0 fully saturated rings. The molecule has 0 aliphatic heterocycles. The number of benzene rings is 2. The van der Waals surface area contributed by atoms with Gasteiger partial charge in [-0.1, -0.05) is 18.2 Å². The maximum absolute atomic E-state index is 11.9. The van der Waals surface area contributed by atoms with Crippen LogP contribution in [0, 0.1) is 0 Å². The molecule has 1 heterocycles. The van der Waals surface area contributed by atoms with E-state index in [1.807, 2.05) is 6.07 Å². The minimum absolute atomic E-state index is 0.0960. The molecule has 0 aliphatic rings. The molecule has 3 rings (SSSR count). The Bertz CT molecular complexity index is 920. The van der Waals surface area contributed by atoms with Gasteiger partial charge in [-0.15, -0.1) is 0 Å². The molecular weight excluding hydrogens is 358 g/mol. The Hall–Kier alpha value is -3.87. The van der Waals surface area contributed by atoms with Crippen molar-refractivity contribution in [2.24, 2.45) is 5.10 Å². The zero-order chi connectivity index (χ0) is 19.6. The fraction of sp³-hybridized carbons (Fsp3) is 0.0952. The summed E-state index contributed by atoms with van der Waals surface area (Å²) >= 11 is 0. The molecule has 7 nitrogen and oxygen atoms in total. The molecule has 2 aromatic carbocycles. The number of hydrogen-bond acceptors (Lipinski definition) is 5. The summed E-state index contributed by atoms with van der Waals surface area (Å²) in [6.45, 7) is 0.223. The number of nitrogens with one attached hydrogen (secondary N) is 2. The van der Waals surface area contributed by atoms with E-state index in [0.29, 0.717) is 23.6 Å². The molecule has 0 radical (unpaired) electrons. The van der Waals surface area contributed by atoms with Crippen LogP contribution in [0.4, 0.5) is 0 Å².